The molecule has 0 aliphatic rings. The Morgan fingerprint density at radius 3 is 1.79 bits per heavy atom. The predicted octanol–water partition coefficient (Wildman–Crippen LogP) is 2.32. The van der Waals surface area contributed by atoms with Crippen molar-refractivity contribution in [3.8, 4) is 11.5 Å². The van der Waals surface area contributed by atoms with Gasteiger partial charge in [-0.3, -0.25) is 9.10 Å². The molecule has 0 fully saturated rings. The fourth-order valence-electron chi connectivity index (χ4n) is 3.02. The van der Waals surface area contributed by atoms with Gasteiger partial charge in [0.1, 0.15) is 0 Å². The van der Waals surface area contributed by atoms with Crippen LogP contribution in [0.5, 0.6) is 11.5 Å². The van der Waals surface area contributed by atoms with Crippen molar-refractivity contribution in [1.29, 1.82) is 0 Å². The Hall–Kier alpha value is -3.80. The van der Waals surface area contributed by atoms with Crippen LogP contribution in [-0.2, 0) is 19.5 Å². The summed E-state index contributed by atoms with van der Waals surface area (Å²) in [5.74, 6) is -2.00. The maximum atomic E-state index is 13.3. The maximum absolute atomic E-state index is 13.3. The zero-order chi connectivity index (χ0) is 25.6. The first-order valence-electron chi connectivity index (χ1n) is 9.88. The molecule has 12 heteroatoms. The van der Waals surface area contributed by atoms with Gasteiger partial charge in [0.05, 0.1) is 56.6 Å². The van der Waals surface area contributed by atoms with E-state index in [1.54, 1.807) is 0 Å². The van der Waals surface area contributed by atoms with Crippen LogP contribution >= 0.6 is 0 Å². The number of rotatable bonds is 9. The molecule has 0 spiro atoms. The number of sulfonamides is 1. The lowest BCUT2D eigenvalue weighted by atomic mass is 10.1. The zero-order valence-corrected chi connectivity index (χ0v) is 20.4. The summed E-state index contributed by atoms with van der Waals surface area (Å²) in [6.45, 7) is 1.47. The average molecular weight is 495 g/mol. The van der Waals surface area contributed by atoms with Crippen molar-refractivity contribution in [2.45, 2.75) is 6.92 Å². The molecule has 0 saturated carbocycles. The molecule has 2 aromatic carbocycles. The van der Waals surface area contributed by atoms with E-state index < -0.39 is 27.9 Å². The summed E-state index contributed by atoms with van der Waals surface area (Å²) < 4.78 is 45.9. The molecule has 2 aromatic rings. The van der Waals surface area contributed by atoms with Crippen LogP contribution in [-0.4, -0.2) is 67.5 Å². The lowest BCUT2D eigenvalue weighted by Gasteiger charge is -2.23. The number of carbonyl (C=O) groups excluding carboxylic acids is 3. The van der Waals surface area contributed by atoms with E-state index in [9.17, 15) is 22.8 Å². The zero-order valence-electron chi connectivity index (χ0n) is 19.6. The number of hydrogen-bond donors (Lipinski definition) is 1. The minimum Gasteiger partial charge on any atom is -0.493 e. The van der Waals surface area contributed by atoms with Crippen molar-refractivity contribution in [1.82, 2.24) is 0 Å². The highest BCUT2D eigenvalue weighted by atomic mass is 32.2. The van der Waals surface area contributed by atoms with E-state index in [4.69, 9.17) is 18.9 Å². The van der Waals surface area contributed by atoms with Crippen LogP contribution in [0.25, 0.3) is 0 Å². The van der Waals surface area contributed by atoms with E-state index in [1.165, 1.54) is 72.7 Å². The highest BCUT2D eigenvalue weighted by Gasteiger charge is 2.25. The number of carbonyl (C=O) groups is 3. The minimum atomic E-state index is -3.73. The monoisotopic (exact) mass is 494 g/mol. The van der Waals surface area contributed by atoms with Crippen molar-refractivity contribution in [2.75, 3.05) is 50.9 Å². The van der Waals surface area contributed by atoms with Gasteiger partial charge in [0.25, 0.3) is 5.91 Å². The molecule has 0 bridgehead atoms. The molecule has 11 nitrogen and oxygen atoms in total. The van der Waals surface area contributed by atoms with Crippen LogP contribution in [0.2, 0.25) is 0 Å². The second kappa shape index (κ2) is 10.9. The molecule has 2 rings (SSSR count). The van der Waals surface area contributed by atoms with Gasteiger partial charge in [0, 0.05) is 18.8 Å². The summed E-state index contributed by atoms with van der Waals surface area (Å²) in [5, 5.41) is 2.58. The Morgan fingerprint density at radius 1 is 0.853 bits per heavy atom. The third-order valence-corrected chi connectivity index (χ3v) is 6.66. The predicted molar refractivity (Wildman–Crippen MR) is 124 cm³/mol. The van der Waals surface area contributed by atoms with Crippen molar-refractivity contribution < 1.29 is 41.7 Å². The smallest absolute Gasteiger partial charge is 0.337 e. The fraction of sp³-hybridized carbons (Fsp3) is 0.318. The third-order valence-electron chi connectivity index (χ3n) is 4.90. The molecule has 0 radical (unpaired) electrons. The SMILES string of the molecule is CCS(=O)(=O)N(C)c1cc(OC)c(OC)cc1C(=O)Nc1cc(C(=O)OC)cc(C(=O)OC)c1. The number of hydrogen-bond acceptors (Lipinski definition) is 9. The minimum absolute atomic E-state index is 0.00101. The number of nitrogens with zero attached hydrogens (tertiary/aromatic N) is 1. The van der Waals surface area contributed by atoms with Gasteiger partial charge in [-0.05, 0) is 31.2 Å². The number of anilines is 2. The molecule has 184 valence electrons. The summed E-state index contributed by atoms with van der Waals surface area (Å²) in [4.78, 5) is 37.3. The van der Waals surface area contributed by atoms with Crippen LogP contribution in [0, 0.1) is 0 Å². The largest absolute Gasteiger partial charge is 0.493 e. The number of amides is 1. The van der Waals surface area contributed by atoms with Gasteiger partial charge < -0.3 is 24.3 Å². The van der Waals surface area contributed by atoms with Gasteiger partial charge >= 0.3 is 11.9 Å². The lowest BCUT2D eigenvalue weighted by molar-refractivity contribution is 0.0598. The molecule has 1 amide bonds. The van der Waals surface area contributed by atoms with E-state index in [0.29, 0.717) is 0 Å². The lowest BCUT2D eigenvalue weighted by Crippen LogP contribution is -2.30. The van der Waals surface area contributed by atoms with Crippen LogP contribution in [0.15, 0.2) is 30.3 Å². The molecule has 1 N–H and O–H groups in total. The van der Waals surface area contributed by atoms with Crippen LogP contribution in [0.3, 0.4) is 0 Å². The molecule has 34 heavy (non-hydrogen) atoms. The van der Waals surface area contributed by atoms with Crippen molar-refractivity contribution >= 4 is 39.2 Å². The van der Waals surface area contributed by atoms with E-state index in [-0.39, 0.29) is 45.3 Å². The van der Waals surface area contributed by atoms with Crippen molar-refractivity contribution in [3.05, 3.63) is 47.0 Å². The van der Waals surface area contributed by atoms with Gasteiger partial charge in [-0.15, -0.1) is 0 Å². The Labute approximate surface area is 197 Å². The molecule has 0 unspecified atom stereocenters. The Kier molecular flexibility index (Phi) is 8.46. The van der Waals surface area contributed by atoms with Gasteiger partial charge in [0.15, 0.2) is 11.5 Å². The summed E-state index contributed by atoms with van der Waals surface area (Å²) >= 11 is 0. The Bertz CT molecular complexity index is 1170. The van der Waals surface area contributed by atoms with Crippen LogP contribution in [0.1, 0.15) is 38.0 Å². The third kappa shape index (κ3) is 5.57. The van der Waals surface area contributed by atoms with E-state index in [1.807, 2.05) is 0 Å². The number of ether oxygens (including phenoxy) is 4. The van der Waals surface area contributed by atoms with E-state index in [2.05, 4.69) is 5.32 Å². The first-order chi connectivity index (χ1) is 16.0. The Morgan fingerprint density at radius 2 is 1.35 bits per heavy atom. The molecule has 0 aliphatic carbocycles. The van der Waals surface area contributed by atoms with Crippen molar-refractivity contribution in [2.24, 2.45) is 0 Å². The summed E-state index contributed by atoms with van der Waals surface area (Å²) in [5.41, 5.74) is 0.0578. The van der Waals surface area contributed by atoms with Gasteiger partial charge in [0.2, 0.25) is 10.0 Å². The van der Waals surface area contributed by atoms with Crippen LogP contribution < -0.4 is 19.1 Å². The second-order valence-corrected chi connectivity index (χ2v) is 9.12. The van der Waals surface area contributed by atoms with Gasteiger partial charge in [-0.25, -0.2) is 18.0 Å². The molecule has 0 heterocycles. The molecule has 0 aromatic heterocycles. The summed E-state index contributed by atoms with van der Waals surface area (Å²) in [7, 11) is 2.67. The number of benzene rings is 2. The number of methoxy groups -OCH3 is 4. The number of nitrogens with one attached hydrogen (secondary N) is 1. The second-order valence-electron chi connectivity index (χ2n) is 6.83. The first-order valence-corrected chi connectivity index (χ1v) is 11.5. The quantitative estimate of drug-likeness (QED) is 0.521. The maximum Gasteiger partial charge on any atom is 0.337 e. The molecular weight excluding hydrogens is 468 g/mol. The highest BCUT2D eigenvalue weighted by molar-refractivity contribution is 7.92. The summed E-state index contributed by atoms with van der Waals surface area (Å²) in [6, 6.07) is 6.57. The highest BCUT2D eigenvalue weighted by Crippen LogP contribution is 2.36. The molecule has 0 atom stereocenters. The molecule has 0 saturated heterocycles. The Balaban J connectivity index is 2.63. The molecule has 0 aliphatic heterocycles. The normalized spacial score (nSPS) is 10.8. The van der Waals surface area contributed by atoms with Gasteiger partial charge in [-0.1, -0.05) is 0 Å². The van der Waals surface area contributed by atoms with Crippen molar-refractivity contribution in [3.63, 3.8) is 0 Å². The van der Waals surface area contributed by atoms with Gasteiger partial charge in [-0.2, -0.15) is 0 Å². The summed E-state index contributed by atoms with van der Waals surface area (Å²) in [6.07, 6.45) is 0. The van der Waals surface area contributed by atoms with E-state index >= 15 is 0 Å². The average Bonchev–Trinajstić information content (AvgIpc) is 2.85. The first kappa shape index (κ1) is 26.5. The standard InChI is InChI=1S/C22H26N2O9S/c1-7-34(28,29)24(2)17-12-19(31-4)18(30-3)11-16(17)20(25)23-15-9-13(21(26)32-5)8-14(10-15)22(27)33-6/h8-12H,7H2,1-6H3,(H,23,25). The van der Waals surface area contributed by atoms with Crippen LogP contribution in [0.4, 0.5) is 11.4 Å². The molecular formula is C22H26N2O9S. The topological polar surface area (TPSA) is 138 Å². The van der Waals surface area contributed by atoms with E-state index in [0.717, 1.165) is 4.31 Å². The fourth-order valence-corrected chi connectivity index (χ4v) is 3.86. The number of esters is 2.